The average molecular weight is 349 g/mol. The molecule has 1 amide bonds. The van der Waals surface area contributed by atoms with Crippen LogP contribution in [-0.4, -0.2) is 41.6 Å². The molecule has 5 nitrogen and oxygen atoms in total. The number of aryl methyl sites for hydroxylation is 1. The number of rotatable bonds is 3. The van der Waals surface area contributed by atoms with Crippen molar-refractivity contribution >= 4 is 6.09 Å². The van der Waals surface area contributed by atoms with Gasteiger partial charge in [0.15, 0.2) is 0 Å². The van der Waals surface area contributed by atoms with Crippen LogP contribution in [0.2, 0.25) is 0 Å². The molecule has 1 fully saturated rings. The Balaban J connectivity index is 1.58. The van der Waals surface area contributed by atoms with Gasteiger partial charge >= 0.3 is 6.09 Å². The molecule has 2 aromatic carbocycles. The molecule has 1 aliphatic rings. The summed E-state index contributed by atoms with van der Waals surface area (Å²) in [7, 11) is 0. The van der Waals surface area contributed by atoms with E-state index in [1.165, 1.54) is 11.1 Å². The Hall–Kier alpha value is -2.84. The minimum Gasteiger partial charge on any atom is -0.410 e. The molecule has 0 radical (unpaired) electrons. The predicted octanol–water partition coefficient (Wildman–Crippen LogP) is 3.57. The third-order valence-corrected chi connectivity index (χ3v) is 4.60. The van der Waals surface area contributed by atoms with Crippen molar-refractivity contribution in [1.29, 1.82) is 5.26 Å². The number of carbonyl (C=O) groups is 1. The third-order valence-electron chi connectivity index (χ3n) is 4.60. The van der Waals surface area contributed by atoms with E-state index in [1.54, 1.807) is 29.2 Å². The van der Waals surface area contributed by atoms with E-state index in [9.17, 15) is 4.79 Å². The number of amides is 1. The van der Waals surface area contributed by atoms with E-state index in [0.717, 1.165) is 19.6 Å². The topological polar surface area (TPSA) is 56.6 Å². The van der Waals surface area contributed by atoms with Crippen LogP contribution in [0.15, 0.2) is 48.5 Å². The first-order chi connectivity index (χ1) is 12.5. The zero-order valence-corrected chi connectivity index (χ0v) is 15.2. The van der Waals surface area contributed by atoms with Crippen molar-refractivity contribution < 1.29 is 9.53 Å². The molecule has 0 aromatic heterocycles. The fourth-order valence-electron chi connectivity index (χ4n) is 3.31. The Kier molecular flexibility index (Phi) is 5.55. The van der Waals surface area contributed by atoms with Gasteiger partial charge in [-0.3, -0.25) is 4.90 Å². The minimum atomic E-state index is -0.359. The number of nitriles is 1. The minimum absolute atomic E-state index is 0.0696. The van der Waals surface area contributed by atoms with Crippen molar-refractivity contribution in [2.45, 2.75) is 26.4 Å². The normalized spacial score (nSPS) is 17.6. The van der Waals surface area contributed by atoms with Gasteiger partial charge in [0.2, 0.25) is 0 Å². The summed E-state index contributed by atoms with van der Waals surface area (Å²) >= 11 is 0. The van der Waals surface area contributed by atoms with Gasteiger partial charge in [-0.15, -0.1) is 0 Å². The maximum atomic E-state index is 12.5. The predicted molar refractivity (Wildman–Crippen MR) is 99.8 cm³/mol. The first-order valence-corrected chi connectivity index (χ1v) is 8.81. The number of carbonyl (C=O) groups excluding carboxylic acids is 1. The van der Waals surface area contributed by atoms with Crippen LogP contribution < -0.4 is 4.74 Å². The summed E-state index contributed by atoms with van der Waals surface area (Å²) in [5.41, 5.74) is 3.03. The highest BCUT2D eigenvalue weighted by atomic mass is 16.6. The van der Waals surface area contributed by atoms with E-state index < -0.39 is 0 Å². The lowest BCUT2D eigenvalue weighted by Crippen LogP contribution is -2.54. The second-order valence-electron chi connectivity index (χ2n) is 6.77. The van der Waals surface area contributed by atoms with Crippen molar-refractivity contribution in [2.75, 3.05) is 19.6 Å². The Morgan fingerprint density at radius 2 is 2.04 bits per heavy atom. The summed E-state index contributed by atoms with van der Waals surface area (Å²) in [6.07, 6.45) is -0.359. The fourth-order valence-corrected chi connectivity index (χ4v) is 3.31. The van der Waals surface area contributed by atoms with E-state index >= 15 is 0 Å². The molecule has 2 aromatic rings. The number of hydrogen-bond donors (Lipinski definition) is 0. The summed E-state index contributed by atoms with van der Waals surface area (Å²) in [5.74, 6) is 0.406. The van der Waals surface area contributed by atoms with E-state index in [2.05, 4.69) is 42.2 Å². The quantitative estimate of drug-likeness (QED) is 0.850. The summed E-state index contributed by atoms with van der Waals surface area (Å²) in [4.78, 5) is 16.6. The molecule has 3 rings (SSSR count). The van der Waals surface area contributed by atoms with Gasteiger partial charge in [-0.25, -0.2) is 4.79 Å². The van der Waals surface area contributed by atoms with Gasteiger partial charge in [0.25, 0.3) is 0 Å². The Morgan fingerprint density at radius 3 is 2.77 bits per heavy atom. The monoisotopic (exact) mass is 349 g/mol. The molecular weight excluding hydrogens is 326 g/mol. The average Bonchev–Trinajstić information content (AvgIpc) is 2.62. The van der Waals surface area contributed by atoms with Gasteiger partial charge in [-0.2, -0.15) is 5.26 Å². The first kappa shape index (κ1) is 18.0. The van der Waals surface area contributed by atoms with Gasteiger partial charge in [-0.1, -0.05) is 35.9 Å². The second kappa shape index (κ2) is 8.03. The summed E-state index contributed by atoms with van der Waals surface area (Å²) in [6, 6.07) is 17.3. The standard InChI is InChI=1S/C21H23N3O2/c1-16-5-3-7-19(11-16)15-23-9-10-24(17(2)14-23)21(25)26-20-8-4-6-18(12-20)13-22/h3-8,11-12,17H,9-10,14-15H2,1-2H3/t17-/m1/s1. The largest absolute Gasteiger partial charge is 0.415 e. The van der Waals surface area contributed by atoms with E-state index in [4.69, 9.17) is 10.00 Å². The lowest BCUT2D eigenvalue weighted by molar-refractivity contribution is 0.0753. The van der Waals surface area contributed by atoms with E-state index in [1.807, 2.05) is 6.92 Å². The molecule has 26 heavy (non-hydrogen) atoms. The molecule has 134 valence electrons. The summed E-state index contributed by atoms with van der Waals surface area (Å²) < 4.78 is 5.45. The highest BCUT2D eigenvalue weighted by molar-refractivity contribution is 5.71. The molecule has 0 saturated carbocycles. The lowest BCUT2D eigenvalue weighted by atomic mass is 10.1. The van der Waals surface area contributed by atoms with Crippen LogP contribution in [0.3, 0.4) is 0 Å². The van der Waals surface area contributed by atoms with Gasteiger partial charge in [0.1, 0.15) is 5.75 Å². The van der Waals surface area contributed by atoms with Crippen molar-refractivity contribution in [3.8, 4) is 11.8 Å². The molecule has 0 N–H and O–H groups in total. The van der Waals surface area contributed by atoms with E-state index in [-0.39, 0.29) is 12.1 Å². The zero-order valence-electron chi connectivity index (χ0n) is 15.2. The lowest BCUT2D eigenvalue weighted by Gasteiger charge is -2.39. The number of hydrogen-bond acceptors (Lipinski definition) is 4. The molecule has 1 saturated heterocycles. The fraction of sp³-hybridized carbons (Fsp3) is 0.333. The number of nitrogens with zero attached hydrogens (tertiary/aromatic N) is 3. The summed E-state index contributed by atoms with van der Waals surface area (Å²) in [5, 5.41) is 8.95. The molecule has 1 heterocycles. The maximum absolute atomic E-state index is 12.5. The molecule has 1 aliphatic heterocycles. The van der Waals surface area contributed by atoms with Crippen LogP contribution in [0.1, 0.15) is 23.6 Å². The first-order valence-electron chi connectivity index (χ1n) is 8.81. The van der Waals surface area contributed by atoms with Crippen LogP contribution in [0, 0.1) is 18.3 Å². The highest BCUT2D eigenvalue weighted by Crippen LogP contribution is 2.18. The highest BCUT2D eigenvalue weighted by Gasteiger charge is 2.28. The zero-order chi connectivity index (χ0) is 18.5. The molecule has 0 aliphatic carbocycles. The molecule has 0 bridgehead atoms. The van der Waals surface area contributed by atoms with Gasteiger partial charge < -0.3 is 9.64 Å². The number of piperazine rings is 1. The molecular formula is C21H23N3O2. The van der Waals surface area contributed by atoms with E-state index in [0.29, 0.717) is 17.9 Å². The number of ether oxygens (including phenoxy) is 1. The SMILES string of the molecule is Cc1cccc(CN2CCN(C(=O)Oc3cccc(C#N)c3)[C@H](C)C2)c1. The molecule has 1 atom stereocenters. The van der Waals surface area contributed by atoms with Crippen molar-refractivity contribution in [2.24, 2.45) is 0 Å². The van der Waals surface area contributed by atoms with Crippen molar-refractivity contribution in [3.63, 3.8) is 0 Å². The molecule has 5 heteroatoms. The molecule has 0 spiro atoms. The van der Waals surface area contributed by atoms with Gasteiger partial charge in [0.05, 0.1) is 11.6 Å². The third kappa shape index (κ3) is 4.41. The van der Waals surface area contributed by atoms with Crippen LogP contribution in [0.5, 0.6) is 5.75 Å². The van der Waals surface area contributed by atoms with Crippen LogP contribution in [0.25, 0.3) is 0 Å². The van der Waals surface area contributed by atoms with Crippen LogP contribution >= 0.6 is 0 Å². The summed E-state index contributed by atoms with van der Waals surface area (Å²) in [6.45, 7) is 7.27. The van der Waals surface area contributed by atoms with Crippen molar-refractivity contribution in [3.05, 3.63) is 65.2 Å². The number of benzene rings is 2. The second-order valence-corrected chi connectivity index (χ2v) is 6.77. The van der Waals surface area contributed by atoms with Crippen molar-refractivity contribution in [1.82, 2.24) is 9.80 Å². The Morgan fingerprint density at radius 1 is 1.23 bits per heavy atom. The smallest absolute Gasteiger partial charge is 0.410 e. The Bertz CT molecular complexity index is 828. The van der Waals surface area contributed by atoms with Crippen LogP contribution in [0.4, 0.5) is 4.79 Å². The molecule has 0 unspecified atom stereocenters. The van der Waals surface area contributed by atoms with Crippen LogP contribution in [-0.2, 0) is 6.54 Å². The maximum Gasteiger partial charge on any atom is 0.415 e. The van der Waals surface area contributed by atoms with Gasteiger partial charge in [0, 0.05) is 32.2 Å². The Labute approximate surface area is 154 Å². The van der Waals surface area contributed by atoms with Gasteiger partial charge in [-0.05, 0) is 37.6 Å².